The Bertz CT molecular complexity index is 567. The number of halogens is 1. The number of benzene rings is 1. The molecule has 0 aliphatic heterocycles. The first-order valence-electron chi connectivity index (χ1n) is 5.56. The number of hydrogen-bond acceptors (Lipinski definition) is 4. The standard InChI is InChI=1S/C12H15FO5S/c1-8(5-6-18-2)19(16,17)9-3-4-11(13)10(7-9)12(14)15/h3-4,7-8H,5-6H2,1-2H3,(H,14,15). The summed E-state index contributed by atoms with van der Waals surface area (Å²) in [6.07, 6.45) is 0.276. The summed E-state index contributed by atoms with van der Waals surface area (Å²) in [7, 11) is -2.24. The molecule has 0 aliphatic carbocycles. The minimum Gasteiger partial charge on any atom is -0.478 e. The number of rotatable bonds is 6. The summed E-state index contributed by atoms with van der Waals surface area (Å²) in [5.41, 5.74) is -0.653. The smallest absolute Gasteiger partial charge is 0.338 e. The normalized spacial score (nSPS) is 13.2. The number of carbonyl (C=O) groups is 1. The van der Waals surface area contributed by atoms with Crippen LogP contribution in [0.15, 0.2) is 23.1 Å². The fraction of sp³-hybridized carbons (Fsp3) is 0.417. The third-order valence-corrected chi connectivity index (χ3v) is 4.96. The lowest BCUT2D eigenvalue weighted by Crippen LogP contribution is -2.20. The molecule has 0 amide bonds. The van der Waals surface area contributed by atoms with E-state index < -0.39 is 32.4 Å². The topological polar surface area (TPSA) is 80.7 Å². The minimum atomic E-state index is -3.69. The van der Waals surface area contributed by atoms with Crippen LogP contribution in [-0.4, -0.2) is 38.5 Å². The second kappa shape index (κ2) is 6.12. The minimum absolute atomic E-state index is 0.199. The Morgan fingerprint density at radius 1 is 1.47 bits per heavy atom. The molecule has 0 spiro atoms. The molecule has 1 rings (SSSR count). The van der Waals surface area contributed by atoms with Gasteiger partial charge in [0.2, 0.25) is 0 Å². The van der Waals surface area contributed by atoms with E-state index in [0.717, 1.165) is 18.2 Å². The van der Waals surface area contributed by atoms with Crippen molar-refractivity contribution in [2.45, 2.75) is 23.5 Å². The summed E-state index contributed by atoms with van der Waals surface area (Å²) >= 11 is 0. The molecule has 0 aliphatic rings. The zero-order valence-electron chi connectivity index (χ0n) is 10.6. The lowest BCUT2D eigenvalue weighted by Gasteiger charge is -2.13. The predicted molar refractivity (Wildman–Crippen MR) is 66.5 cm³/mol. The summed E-state index contributed by atoms with van der Waals surface area (Å²) in [5.74, 6) is -2.46. The number of carboxylic acid groups (broad SMARTS) is 1. The van der Waals surface area contributed by atoms with Crippen molar-refractivity contribution in [2.75, 3.05) is 13.7 Å². The zero-order chi connectivity index (χ0) is 14.6. The highest BCUT2D eigenvalue weighted by Gasteiger charge is 2.25. The van der Waals surface area contributed by atoms with Crippen molar-refractivity contribution >= 4 is 15.8 Å². The Labute approximate surface area is 110 Å². The van der Waals surface area contributed by atoms with Crippen LogP contribution in [0.4, 0.5) is 4.39 Å². The maximum atomic E-state index is 13.2. The van der Waals surface area contributed by atoms with Crippen LogP contribution in [0.25, 0.3) is 0 Å². The molecule has 1 N–H and O–H groups in total. The molecule has 0 heterocycles. The maximum absolute atomic E-state index is 13.2. The molecule has 1 aromatic rings. The average Bonchev–Trinajstić information content (AvgIpc) is 2.35. The number of methoxy groups -OCH3 is 1. The van der Waals surface area contributed by atoms with Gasteiger partial charge in [0.1, 0.15) is 5.82 Å². The van der Waals surface area contributed by atoms with Gasteiger partial charge >= 0.3 is 5.97 Å². The molecular weight excluding hydrogens is 275 g/mol. The first kappa shape index (κ1) is 15.6. The summed E-state index contributed by atoms with van der Waals surface area (Å²) in [6.45, 7) is 1.77. The summed E-state index contributed by atoms with van der Waals surface area (Å²) in [5, 5.41) is 8.04. The lowest BCUT2D eigenvalue weighted by atomic mass is 10.2. The fourth-order valence-corrected chi connectivity index (χ4v) is 2.93. The van der Waals surface area contributed by atoms with Gasteiger partial charge in [-0.1, -0.05) is 0 Å². The molecule has 7 heteroatoms. The highest BCUT2D eigenvalue weighted by molar-refractivity contribution is 7.92. The molecule has 0 fully saturated rings. The molecule has 1 aromatic carbocycles. The third-order valence-electron chi connectivity index (χ3n) is 2.75. The van der Waals surface area contributed by atoms with Crippen LogP contribution in [-0.2, 0) is 14.6 Å². The number of ether oxygens (including phenoxy) is 1. The van der Waals surface area contributed by atoms with Gasteiger partial charge in [0.25, 0.3) is 0 Å². The Hall–Kier alpha value is -1.47. The van der Waals surface area contributed by atoms with Crippen molar-refractivity contribution in [1.82, 2.24) is 0 Å². The maximum Gasteiger partial charge on any atom is 0.338 e. The second-order valence-electron chi connectivity index (χ2n) is 4.08. The highest BCUT2D eigenvalue weighted by atomic mass is 32.2. The van der Waals surface area contributed by atoms with Gasteiger partial charge in [-0.2, -0.15) is 0 Å². The largest absolute Gasteiger partial charge is 0.478 e. The Kier molecular flexibility index (Phi) is 5.02. The van der Waals surface area contributed by atoms with Crippen molar-refractivity contribution in [3.8, 4) is 0 Å². The van der Waals surface area contributed by atoms with E-state index in [1.165, 1.54) is 14.0 Å². The van der Waals surface area contributed by atoms with E-state index in [2.05, 4.69) is 0 Å². The van der Waals surface area contributed by atoms with Gasteiger partial charge in [0, 0.05) is 13.7 Å². The third kappa shape index (κ3) is 3.51. The molecule has 106 valence electrons. The average molecular weight is 290 g/mol. The molecule has 0 radical (unpaired) electrons. The summed E-state index contributed by atoms with van der Waals surface area (Å²) in [4.78, 5) is 10.6. The molecule has 0 bridgehead atoms. The summed E-state index contributed by atoms with van der Waals surface area (Å²) in [6, 6.07) is 2.76. The van der Waals surface area contributed by atoms with Gasteiger partial charge in [-0.15, -0.1) is 0 Å². The number of sulfone groups is 1. The van der Waals surface area contributed by atoms with Gasteiger partial charge in [0.05, 0.1) is 15.7 Å². The van der Waals surface area contributed by atoms with Crippen LogP contribution in [0.2, 0.25) is 0 Å². The van der Waals surface area contributed by atoms with Gasteiger partial charge in [0.15, 0.2) is 9.84 Å². The van der Waals surface area contributed by atoms with Crippen molar-refractivity contribution in [3.63, 3.8) is 0 Å². The molecular formula is C12H15FO5S. The quantitative estimate of drug-likeness (QED) is 0.807. The van der Waals surface area contributed by atoms with E-state index in [4.69, 9.17) is 9.84 Å². The van der Waals surface area contributed by atoms with Gasteiger partial charge < -0.3 is 9.84 Å². The second-order valence-corrected chi connectivity index (χ2v) is 6.45. The first-order valence-corrected chi connectivity index (χ1v) is 7.11. The molecule has 0 saturated carbocycles. The fourth-order valence-electron chi connectivity index (χ4n) is 1.52. The van der Waals surface area contributed by atoms with E-state index in [0.29, 0.717) is 0 Å². The van der Waals surface area contributed by atoms with Crippen molar-refractivity contribution < 1.29 is 27.4 Å². The van der Waals surface area contributed by atoms with Gasteiger partial charge in [-0.05, 0) is 31.5 Å². The molecule has 0 aromatic heterocycles. The van der Waals surface area contributed by atoms with Crippen LogP contribution >= 0.6 is 0 Å². The molecule has 1 unspecified atom stereocenters. The van der Waals surface area contributed by atoms with Crippen LogP contribution in [0.1, 0.15) is 23.7 Å². The number of hydrogen-bond donors (Lipinski definition) is 1. The van der Waals surface area contributed by atoms with E-state index in [1.807, 2.05) is 0 Å². The zero-order valence-corrected chi connectivity index (χ0v) is 11.4. The Morgan fingerprint density at radius 2 is 2.11 bits per heavy atom. The SMILES string of the molecule is COCCC(C)S(=O)(=O)c1ccc(F)c(C(=O)O)c1. The molecule has 0 saturated heterocycles. The van der Waals surface area contributed by atoms with E-state index in [-0.39, 0.29) is 17.9 Å². The van der Waals surface area contributed by atoms with Crippen LogP contribution < -0.4 is 0 Å². The van der Waals surface area contributed by atoms with E-state index >= 15 is 0 Å². The van der Waals surface area contributed by atoms with E-state index in [1.54, 1.807) is 0 Å². The van der Waals surface area contributed by atoms with Crippen molar-refractivity contribution in [1.29, 1.82) is 0 Å². The van der Waals surface area contributed by atoms with Crippen LogP contribution in [0, 0.1) is 5.82 Å². The van der Waals surface area contributed by atoms with Crippen molar-refractivity contribution in [3.05, 3.63) is 29.6 Å². The van der Waals surface area contributed by atoms with Gasteiger partial charge in [-0.25, -0.2) is 17.6 Å². The molecule has 19 heavy (non-hydrogen) atoms. The number of aromatic carboxylic acids is 1. The predicted octanol–water partition coefficient (Wildman–Crippen LogP) is 1.72. The number of carboxylic acids is 1. The Morgan fingerprint density at radius 3 is 2.63 bits per heavy atom. The van der Waals surface area contributed by atoms with Crippen LogP contribution in [0.3, 0.4) is 0 Å². The highest BCUT2D eigenvalue weighted by Crippen LogP contribution is 2.21. The van der Waals surface area contributed by atoms with E-state index in [9.17, 15) is 17.6 Å². The molecule has 5 nitrogen and oxygen atoms in total. The first-order chi connectivity index (χ1) is 8.80. The van der Waals surface area contributed by atoms with Gasteiger partial charge in [-0.3, -0.25) is 0 Å². The summed E-state index contributed by atoms with van der Waals surface area (Å²) < 4.78 is 42.3. The van der Waals surface area contributed by atoms with Crippen molar-refractivity contribution in [2.24, 2.45) is 0 Å². The lowest BCUT2D eigenvalue weighted by molar-refractivity contribution is 0.0691. The Balaban J connectivity index is 3.15. The monoisotopic (exact) mass is 290 g/mol. The molecule has 1 atom stereocenters. The van der Waals surface area contributed by atoms with Crippen LogP contribution in [0.5, 0.6) is 0 Å².